The largest absolute Gasteiger partial charge is 0.468 e. The highest BCUT2D eigenvalue weighted by Crippen LogP contribution is 2.70. The molecule has 0 N–H and O–H groups in total. The zero-order chi connectivity index (χ0) is 68.0. The molecule has 0 radical (unpaired) electrons. The van der Waals surface area contributed by atoms with E-state index in [4.69, 9.17) is 4.42 Å². The van der Waals surface area contributed by atoms with Crippen LogP contribution < -0.4 is 31.3 Å². The van der Waals surface area contributed by atoms with Crippen LogP contribution in [0.1, 0.15) is 217 Å². The molecule has 0 atom stereocenters. The van der Waals surface area contributed by atoms with Crippen LogP contribution in [0.25, 0.3) is 33.2 Å². The molecule has 99 heavy (non-hydrogen) atoms. The van der Waals surface area contributed by atoms with Crippen molar-refractivity contribution >= 4 is 85.5 Å². The monoisotopic (exact) mass is 1300 g/mol. The second-order valence-corrected chi connectivity index (χ2v) is 37.4. The smallest absolute Gasteiger partial charge is 0.297 e. The quantitative estimate of drug-likeness (QED) is 0.148. The Morgan fingerprint density at radius 2 is 0.970 bits per heavy atom. The Morgan fingerprint density at radius 3 is 1.54 bits per heavy atom. The summed E-state index contributed by atoms with van der Waals surface area (Å²) in [6.07, 6.45) is 15.9. The van der Waals surface area contributed by atoms with Crippen molar-refractivity contribution in [3.63, 3.8) is 0 Å². The molecule has 9 aromatic carbocycles. The maximum absolute atomic E-state index is 7.96. The molecule has 10 aliphatic rings. The van der Waals surface area contributed by atoms with Crippen LogP contribution in [-0.4, -0.2) is 6.71 Å². The van der Waals surface area contributed by atoms with Gasteiger partial charge in [-0.2, -0.15) is 0 Å². The van der Waals surface area contributed by atoms with Gasteiger partial charge in [0.15, 0.2) is 0 Å². The Balaban J connectivity index is 0.855. The SMILES string of the molecule is Cc1cc2c3c(c1)N(c1ccc(-c4ccc(C56CCC(CC5)C6)cc4)cc1)c1c(oc4cc5c(cc14)C(C)(C)CCC5(C)C)B3c1cc(N(c3ccc(C(C)(C)C)cc3)c3ccc(C(C)(C)C)cc3)ccc1N2c1ccc2c(c1)C1(c3cc(C(C)(C)C)ccc3-2)C2CC3CC(C2)CC1C3. The first-order chi connectivity index (χ1) is 47.2. The summed E-state index contributed by atoms with van der Waals surface area (Å²) in [5.41, 5.74) is 34.0. The van der Waals surface area contributed by atoms with Crippen molar-refractivity contribution in [2.75, 3.05) is 14.7 Å². The third-order valence-corrected chi connectivity index (χ3v) is 27.5. The van der Waals surface area contributed by atoms with Gasteiger partial charge in [-0.1, -0.05) is 175 Å². The first-order valence-corrected chi connectivity index (χ1v) is 38.2. The van der Waals surface area contributed by atoms with Crippen molar-refractivity contribution in [1.82, 2.24) is 0 Å². The van der Waals surface area contributed by atoms with Crippen LogP contribution in [0.2, 0.25) is 0 Å². The average molecular weight is 1300 g/mol. The number of fused-ring (bicyclic) bond motifs is 12. The van der Waals surface area contributed by atoms with Crippen molar-refractivity contribution in [3.05, 3.63) is 226 Å². The van der Waals surface area contributed by atoms with Crippen LogP contribution in [-0.2, 0) is 37.9 Å². The van der Waals surface area contributed by atoms with Gasteiger partial charge < -0.3 is 19.1 Å². The number of hydrogen-bond donors (Lipinski definition) is 0. The highest BCUT2D eigenvalue weighted by atomic mass is 16.3. The van der Waals surface area contributed by atoms with Gasteiger partial charge in [-0.15, -0.1) is 0 Å². The maximum atomic E-state index is 7.96. The predicted molar refractivity (Wildman–Crippen MR) is 418 cm³/mol. The van der Waals surface area contributed by atoms with E-state index in [1.54, 1.807) is 16.7 Å². The minimum absolute atomic E-state index is 0.00256. The predicted octanol–water partition coefficient (Wildman–Crippen LogP) is 23.8. The molecule has 1 aromatic heterocycles. The molecule has 8 aliphatic carbocycles. The first kappa shape index (κ1) is 62.0. The lowest BCUT2D eigenvalue weighted by Crippen LogP contribution is -2.61. The molecule has 0 amide bonds. The van der Waals surface area contributed by atoms with Gasteiger partial charge in [0, 0.05) is 56.3 Å². The number of aryl methyl sites for hydroxylation is 1. The molecule has 500 valence electrons. The Bertz CT molecular complexity index is 4890. The van der Waals surface area contributed by atoms with Gasteiger partial charge >= 0.3 is 0 Å². The van der Waals surface area contributed by atoms with Crippen LogP contribution in [0.15, 0.2) is 180 Å². The molecular weight excluding hydrogens is 1200 g/mol. The number of furan rings is 1. The van der Waals surface area contributed by atoms with Crippen molar-refractivity contribution in [2.45, 2.75) is 212 Å². The van der Waals surface area contributed by atoms with E-state index in [9.17, 15) is 0 Å². The molecule has 6 saturated carbocycles. The fraction of sp³-hybridized carbons (Fsp3) is 0.404. The summed E-state index contributed by atoms with van der Waals surface area (Å²) in [5, 5.41) is 1.19. The second-order valence-electron chi connectivity index (χ2n) is 37.4. The summed E-state index contributed by atoms with van der Waals surface area (Å²) < 4.78 is 7.96. The van der Waals surface area contributed by atoms with Gasteiger partial charge in [0.1, 0.15) is 5.58 Å². The lowest BCUT2D eigenvalue weighted by Gasteiger charge is -2.61. The maximum Gasteiger partial charge on any atom is 0.297 e. The van der Waals surface area contributed by atoms with Gasteiger partial charge in [0.05, 0.1) is 11.3 Å². The minimum atomic E-state index is -0.246. The zero-order valence-electron chi connectivity index (χ0n) is 61.4. The minimum Gasteiger partial charge on any atom is -0.468 e. The zero-order valence-corrected chi connectivity index (χ0v) is 61.4. The van der Waals surface area contributed by atoms with Crippen molar-refractivity contribution in [2.24, 2.45) is 29.6 Å². The summed E-state index contributed by atoms with van der Waals surface area (Å²) in [6, 6.07) is 71.3. The molecule has 0 unspecified atom stereocenters. The molecule has 6 bridgehead atoms. The van der Waals surface area contributed by atoms with Crippen LogP contribution in [0.5, 0.6) is 0 Å². The lowest BCUT2D eigenvalue weighted by atomic mass is 9.35. The number of anilines is 9. The van der Waals surface area contributed by atoms with E-state index < -0.39 is 0 Å². The fourth-order valence-corrected chi connectivity index (χ4v) is 22.2. The molecule has 2 aliphatic heterocycles. The highest BCUT2D eigenvalue weighted by Gasteiger charge is 2.62. The van der Waals surface area contributed by atoms with Crippen LogP contribution in [0.4, 0.5) is 51.2 Å². The summed E-state index contributed by atoms with van der Waals surface area (Å²) in [6.45, 7) is 33.1. The number of rotatable bonds is 7. The Hall–Kier alpha value is -8.02. The Kier molecular flexibility index (Phi) is 13.2. The van der Waals surface area contributed by atoms with E-state index in [1.807, 2.05) is 0 Å². The molecule has 5 heteroatoms. The molecule has 0 saturated heterocycles. The van der Waals surface area contributed by atoms with Gasteiger partial charge in [-0.05, 0) is 320 Å². The summed E-state index contributed by atoms with van der Waals surface area (Å²) in [7, 11) is 0. The Morgan fingerprint density at radius 1 is 0.455 bits per heavy atom. The molecule has 1 spiro atoms. The van der Waals surface area contributed by atoms with Gasteiger partial charge in [-0.3, -0.25) is 0 Å². The molecule has 20 rings (SSSR count). The van der Waals surface area contributed by atoms with Crippen molar-refractivity contribution in [1.29, 1.82) is 0 Å². The first-order valence-electron chi connectivity index (χ1n) is 38.2. The third kappa shape index (κ3) is 9.21. The molecule has 6 fully saturated rings. The van der Waals surface area contributed by atoms with Crippen LogP contribution in [0.3, 0.4) is 0 Å². The Labute approximate surface area is 590 Å². The third-order valence-electron chi connectivity index (χ3n) is 27.5. The van der Waals surface area contributed by atoms with E-state index in [0.717, 1.165) is 70.3 Å². The van der Waals surface area contributed by atoms with Crippen LogP contribution >= 0.6 is 0 Å². The van der Waals surface area contributed by atoms with Gasteiger partial charge in [0.2, 0.25) is 0 Å². The topological polar surface area (TPSA) is 22.9 Å². The number of hydrogen-bond acceptors (Lipinski definition) is 4. The van der Waals surface area contributed by atoms with Crippen molar-refractivity contribution < 1.29 is 4.42 Å². The standard InChI is InChI=1S/C94H100BN3O/c1-56-43-82-85-83(44-56)98(70-26-17-61(18-27-70)60-15-19-64(20-16-60)93-39-37-57(55-93)38-40-93)86-75-53-78-79(92(13,14)42-41-91(78,11)12)54-84(75)99-87(86)95(85)80-52-72(96(68-28-21-62(22-29-68)88(2,3)4)69-30-23-63(24-31-69)89(5,6)7)33-36-81(80)97(82)71-32-35-74-73-34-25-65(90(8,9)10)50-76(73)94(77(74)51-71)66-46-58-45-59(48-66)49-67(94)47-58/h15-36,43-44,50-54,57-59,66-67H,37-42,45-49,55H2,1-14H3. The lowest BCUT2D eigenvalue weighted by molar-refractivity contribution is -0.0399. The van der Waals surface area contributed by atoms with Gasteiger partial charge in [-0.25, -0.2) is 0 Å². The fourth-order valence-electron chi connectivity index (χ4n) is 22.2. The number of benzene rings is 9. The molecule has 10 aromatic rings. The van der Waals surface area contributed by atoms with E-state index >= 15 is 0 Å². The summed E-state index contributed by atoms with van der Waals surface area (Å²) >= 11 is 0. The average Bonchev–Trinajstić information content (AvgIpc) is 1.61. The van der Waals surface area contributed by atoms with Crippen molar-refractivity contribution in [3.8, 4) is 22.3 Å². The van der Waals surface area contributed by atoms with E-state index in [2.05, 4.69) is 288 Å². The summed E-state index contributed by atoms with van der Waals surface area (Å²) in [5.74, 6) is 3.87. The molecule has 3 heterocycles. The van der Waals surface area contributed by atoms with E-state index in [0.29, 0.717) is 17.3 Å². The van der Waals surface area contributed by atoms with Gasteiger partial charge in [0.25, 0.3) is 6.71 Å². The molecular formula is C94H100BN3O. The number of nitrogens with zero attached hydrogens (tertiary/aromatic N) is 3. The normalized spacial score (nSPS) is 24.7. The second kappa shape index (κ2) is 21.0. The molecule has 4 nitrogen and oxygen atoms in total. The summed E-state index contributed by atoms with van der Waals surface area (Å²) in [4.78, 5) is 7.88. The van der Waals surface area contributed by atoms with E-state index in [1.165, 1.54) is 159 Å². The van der Waals surface area contributed by atoms with E-state index in [-0.39, 0.29) is 39.2 Å². The van der Waals surface area contributed by atoms with Crippen LogP contribution in [0, 0.1) is 36.5 Å². The highest BCUT2D eigenvalue weighted by molar-refractivity contribution is 7.00.